The maximum Gasteiger partial charge on any atom is 0.0885 e. The van der Waals surface area contributed by atoms with Gasteiger partial charge in [0.05, 0.1) is 11.9 Å². The van der Waals surface area contributed by atoms with Crippen molar-refractivity contribution < 1.29 is 0 Å². The minimum Gasteiger partial charge on any atom is -0.261 e. The molecular formula is C12H11BrN2. The molecule has 2 aromatic rings. The Morgan fingerprint density at radius 1 is 1.27 bits per heavy atom. The van der Waals surface area contributed by atoms with Crippen molar-refractivity contribution in [3.8, 4) is 11.3 Å². The highest BCUT2D eigenvalue weighted by molar-refractivity contribution is 9.08. The van der Waals surface area contributed by atoms with E-state index >= 15 is 0 Å². The van der Waals surface area contributed by atoms with E-state index in [9.17, 15) is 0 Å². The smallest absolute Gasteiger partial charge is 0.0885 e. The van der Waals surface area contributed by atoms with Crippen LogP contribution < -0.4 is 0 Å². The van der Waals surface area contributed by atoms with Crippen LogP contribution in [0.5, 0.6) is 0 Å². The Labute approximate surface area is 97.5 Å². The molecule has 1 aromatic heterocycles. The van der Waals surface area contributed by atoms with Crippen molar-refractivity contribution in [3.63, 3.8) is 0 Å². The van der Waals surface area contributed by atoms with Gasteiger partial charge in [-0.3, -0.25) is 9.97 Å². The van der Waals surface area contributed by atoms with E-state index in [0.717, 1.165) is 16.6 Å². The van der Waals surface area contributed by atoms with Crippen LogP contribution in [0.4, 0.5) is 0 Å². The number of benzene rings is 1. The fourth-order valence-electron chi connectivity index (χ4n) is 1.42. The summed E-state index contributed by atoms with van der Waals surface area (Å²) in [5.41, 5.74) is 4.61. The van der Waals surface area contributed by atoms with Crippen molar-refractivity contribution in [2.24, 2.45) is 0 Å². The van der Waals surface area contributed by atoms with Crippen LogP contribution in [0.15, 0.2) is 36.8 Å². The highest BCUT2D eigenvalue weighted by atomic mass is 79.9. The molecule has 0 fully saturated rings. The topological polar surface area (TPSA) is 25.8 Å². The summed E-state index contributed by atoms with van der Waals surface area (Å²) >= 11 is 3.48. The van der Waals surface area contributed by atoms with Crippen molar-refractivity contribution >= 4 is 15.9 Å². The zero-order chi connectivity index (χ0) is 10.7. The van der Waals surface area contributed by atoms with E-state index in [0.29, 0.717) is 0 Å². The lowest BCUT2D eigenvalue weighted by molar-refractivity contribution is 1.20. The summed E-state index contributed by atoms with van der Waals surface area (Å²) in [7, 11) is 0. The molecule has 0 saturated carbocycles. The first-order chi connectivity index (χ1) is 7.31. The molecule has 0 aliphatic rings. The van der Waals surface area contributed by atoms with E-state index in [-0.39, 0.29) is 0 Å². The van der Waals surface area contributed by atoms with Crippen molar-refractivity contribution in [3.05, 3.63) is 47.9 Å². The third-order valence-electron chi connectivity index (χ3n) is 2.35. The van der Waals surface area contributed by atoms with Crippen LogP contribution in [0.2, 0.25) is 0 Å². The first kappa shape index (κ1) is 10.3. The van der Waals surface area contributed by atoms with E-state index in [2.05, 4.69) is 51.0 Å². The molecule has 0 N–H and O–H groups in total. The number of nitrogens with zero attached hydrogens (tertiary/aromatic N) is 2. The van der Waals surface area contributed by atoms with Crippen molar-refractivity contribution in [1.82, 2.24) is 9.97 Å². The van der Waals surface area contributed by atoms with E-state index in [4.69, 9.17) is 0 Å². The van der Waals surface area contributed by atoms with Crippen molar-refractivity contribution in [2.75, 3.05) is 0 Å². The maximum absolute atomic E-state index is 4.28. The summed E-state index contributed by atoms with van der Waals surface area (Å²) in [5, 5.41) is 0.868. The molecule has 0 saturated heterocycles. The Bertz CT molecular complexity index is 454. The van der Waals surface area contributed by atoms with Crippen LogP contribution in [0.25, 0.3) is 11.3 Å². The zero-order valence-electron chi connectivity index (χ0n) is 8.44. The molecule has 0 radical (unpaired) electrons. The van der Waals surface area contributed by atoms with Crippen LogP contribution in [0.1, 0.15) is 11.1 Å². The van der Waals surface area contributed by atoms with Gasteiger partial charge in [0.1, 0.15) is 0 Å². The van der Waals surface area contributed by atoms with Gasteiger partial charge in [-0.15, -0.1) is 0 Å². The van der Waals surface area contributed by atoms with E-state index in [1.807, 2.05) is 0 Å². The van der Waals surface area contributed by atoms with Crippen molar-refractivity contribution in [2.45, 2.75) is 12.3 Å². The van der Waals surface area contributed by atoms with Gasteiger partial charge in [-0.25, -0.2) is 0 Å². The third kappa shape index (κ3) is 2.23. The Kier molecular flexibility index (Phi) is 3.11. The molecule has 15 heavy (non-hydrogen) atoms. The van der Waals surface area contributed by atoms with Gasteiger partial charge in [-0.1, -0.05) is 28.1 Å². The fourth-order valence-corrected chi connectivity index (χ4v) is 2.03. The number of halogens is 1. The molecule has 0 amide bonds. The third-order valence-corrected chi connectivity index (χ3v) is 2.96. The SMILES string of the molecule is Cc1ccc(-c2cnccn2)cc1CBr. The summed E-state index contributed by atoms with van der Waals surface area (Å²) in [6.45, 7) is 2.11. The highest BCUT2D eigenvalue weighted by Crippen LogP contribution is 2.21. The molecule has 2 rings (SSSR count). The van der Waals surface area contributed by atoms with Crippen LogP contribution in [-0.4, -0.2) is 9.97 Å². The molecule has 3 heteroatoms. The van der Waals surface area contributed by atoms with Crippen LogP contribution in [-0.2, 0) is 5.33 Å². The summed E-state index contributed by atoms with van der Waals surface area (Å²) in [6, 6.07) is 6.33. The Morgan fingerprint density at radius 3 is 2.80 bits per heavy atom. The lowest BCUT2D eigenvalue weighted by atomic mass is 10.0. The Balaban J connectivity index is 2.46. The molecule has 0 aliphatic heterocycles. The molecule has 1 heterocycles. The normalized spacial score (nSPS) is 10.3. The largest absolute Gasteiger partial charge is 0.261 e. The fraction of sp³-hybridized carbons (Fsp3) is 0.167. The summed E-state index contributed by atoms with van der Waals surface area (Å²) < 4.78 is 0. The van der Waals surface area contributed by atoms with Gasteiger partial charge >= 0.3 is 0 Å². The lowest BCUT2D eigenvalue weighted by Crippen LogP contribution is -1.88. The minimum atomic E-state index is 0.868. The Hall–Kier alpha value is -1.22. The van der Waals surface area contributed by atoms with Gasteiger partial charge in [0.15, 0.2) is 0 Å². The summed E-state index contributed by atoms with van der Waals surface area (Å²) in [4.78, 5) is 8.34. The molecule has 0 unspecified atom stereocenters. The number of aryl methyl sites for hydroxylation is 1. The predicted octanol–water partition coefficient (Wildman–Crippen LogP) is 3.35. The maximum atomic E-state index is 4.28. The first-order valence-electron chi connectivity index (χ1n) is 4.73. The lowest BCUT2D eigenvalue weighted by Gasteiger charge is -2.05. The van der Waals surface area contributed by atoms with Gasteiger partial charge in [-0.2, -0.15) is 0 Å². The van der Waals surface area contributed by atoms with E-state index < -0.39 is 0 Å². The average molecular weight is 263 g/mol. The van der Waals surface area contributed by atoms with Gasteiger partial charge in [0.2, 0.25) is 0 Å². The van der Waals surface area contributed by atoms with Gasteiger partial charge in [-0.05, 0) is 24.1 Å². The number of aromatic nitrogens is 2. The van der Waals surface area contributed by atoms with Gasteiger partial charge in [0, 0.05) is 23.3 Å². The van der Waals surface area contributed by atoms with E-state index in [1.165, 1.54) is 11.1 Å². The number of hydrogen-bond donors (Lipinski definition) is 0. The minimum absolute atomic E-state index is 0.868. The molecule has 0 atom stereocenters. The second-order valence-electron chi connectivity index (χ2n) is 3.37. The summed E-state index contributed by atoms with van der Waals surface area (Å²) in [6.07, 6.45) is 5.18. The van der Waals surface area contributed by atoms with Gasteiger partial charge < -0.3 is 0 Å². The first-order valence-corrected chi connectivity index (χ1v) is 5.85. The van der Waals surface area contributed by atoms with Crippen LogP contribution >= 0.6 is 15.9 Å². The average Bonchev–Trinajstić information content (AvgIpc) is 2.31. The predicted molar refractivity (Wildman–Crippen MR) is 64.8 cm³/mol. The second-order valence-corrected chi connectivity index (χ2v) is 3.93. The standard InChI is InChI=1S/C12H11BrN2/c1-9-2-3-10(6-11(9)7-13)12-8-14-4-5-15-12/h2-6,8H,7H2,1H3. The highest BCUT2D eigenvalue weighted by Gasteiger charge is 2.02. The monoisotopic (exact) mass is 262 g/mol. The Morgan fingerprint density at radius 2 is 2.13 bits per heavy atom. The van der Waals surface area contributed by atoms with E-state index in [1.54, 1.807) is 18.6 Å². The number of rotatable bonds is 2. The van der Waals surface area contributed by atoms with Crippen LogP contribution in [0.3, 0.4) is 0 Å². The molecule has 0 bridgehead atoms. The molecule has 76 valence electrons. The quantitative estimate of drug-likeness (QED) is 0.776. The zero-order valence-corrected chi connectivity index (χ0v) is 10.0. The number of hydrogen-bond acceptors (Lipinski definition) is 2. The molecule has 0 aliphatic carbocycles. The molecule has 2 nitrogen and oxygen atoms in total. The van der Waals surface area contributed by atoms with Crippen LogP contribution in [0, 0.1) is 6.92 Å². The second kappa shape index (κ2) is 4.53. The summed E-state index contributed by atoms with van der Waals surface area (Å²) in [5.74, 6) is 0. The van der Waals surface area contributed by atoms with Crippen molar-refractivity contribution in [1.29, 1.82) is 0 Å². The molecule has 0 spiro atoms. The van der Waals surface area contributed by atoms with Gasteiger partial charge in [0.25, 0.3) is 0 Å². The number of alkyl halides is 1. The molecular weight excluding hydrogens is 252 g/mol. The molecule has 1 aromatic carbocycles.